The summed E-state index contributed by atoms with van der Waals surface area (Å²) in [4.78, 5) is 13.5. The third kappa shape index (κ3) is 5.30. The first-order valence-electron chi connectivity index (χ1n) is 8.88. The first-order chi connectivity index (χ1) is 13.9. The van der Waals surface area contributed by atoms with Crippen LogP contribution in [0.3, 0.4) is 0 Å². The van der Waals surface area contributed by atoms with Crippen LogP contribution in [0.5, 0.6) is 0 Å². The lowest BCUT2D eigenvalue weighted by Gasteiger charge is -2.24. The van der Waals surface area contributed by atoms with Gasteiger partial charge in [0.2, 0.25) is 0 Å². The number of aryl methyl sites for hydroxylation is 2. The molecule has 8 heteroatoms. The van der Waals surface area contributed by atoms with Crippen molar-refractivity contribution in [3.63, 3.8) is 0 Å². The van der Waals surface area contributed by atoms with E-state index >= 15 is 0 Å². The Bertz CT molecular complexity index is 1110. The summed E-state index contributed by atoms with van der Waals surface area (Å²) in [5.41, 5.74) is 4.66. The number of nitrogens with zero attached hydrogens (tertiary/aromatic N) is 2. The molecule has 0 spiro atoms. The Morgan fingerprint density at radius 3 is 2.48 bits per heavy atom. The number of amides is 1. The maximum atomic E-state index is 13.3. The first kappa shape index (κ1) is 20.8. The number of anilines is 1. The fourth-order valence-corrected chi connectivity index (χ4v) is 4.63. The highest BCUT2D eigenvalue weighted by Gasteiger charge is 2.27. The monoisotopic (exact) mass is 427 g/mol. The van der Waals surface area contributed by atoms with E-state index in [0.29, 0.717) is 5.69 Å². The average Bonchev–Trinajstić information content (AvgIpc) is 3.20. The molecule has 0 atom stereocenters. The molecule has 6 nitrogen and oxygen atoms in total. The second-order valence-corrected chi connectivity index (χ2v) is 9.31. The minimum atomic E-state index is -3.93. The summed E-state index contributed by atoms with van der Waals surface area (Å²) in [7, 11) is -3.93. The highest BCUT2D eigenvalue weighted by molar-refractivity contribution is 7.92. The molecule has 0 aliphatic heterocycles. The normalized spacial score (nSPS) is 11.5. The molecule has 29 heavy (non-hydrogen) atoms. The summed E-state index contributed by atoms with van der Waals surface area (Å²) in [6, 6.07) is 17.3. The molecule has 0 saturated heterocycles. The second-order valence-electron chi connectivity index (χ2n) is 6.47. The SMILES string of the molecule is Cc1ccc(S(=O)(=O)N(CC(=O)NN=Cc2cccs2)c2cccc(C)c2)cc1. The van der Waals surface area contributed by atoms with Crippen LogP contribution in [0.25, 0.3) is 0 Å². The zero-order chi connectivity index (χ0) is 20.9. The lowest BCUT2D eigenvalue weighted by atomic mass is 10.2. The maximum Gasteiger partial charge on any atom is 0.264 e. The van der Waals surface area contributed by atoms with E-state index in [-0.39, 0.29) is 11.4 Å². The summed E-state index contributed by atoms with van der Waals surface area (Å²) < 4.78 is 27.6. The van der Waals surface area contributed by atoms with Crippen LogP contribution < -0.4 is 9.73 Å². The molecule has 0 aliphatic rings. The molecule has 0 unspecified atom stereocenters. The number of hydrogen-bond acceptors (Lipinski definition) is 5. The van der Waals surface area contributed by atoms with Crippen LogP contribution in [-0.2, 0) is 14.8 Å². The molecule has 2 aromatic carbocycles. The highest BCUT2D eigenvalue weighted by Crippen LogP contribution is 2.24. The minimum Gasteiger partial charge on any atom is -0.271 e. The summed E-state index contributed by atoms with van der Waals surface area (Å²) >= 11 is 1.48. The van der Waals surface area contributed by atoms with Crippen molar-refractivity contribution in [1.82, 2.24) is 5.43 Å². The summed E-state index contributed by atoms with van der Waals surface area (Å²) in [6.45, 7) is 3.36. The summed E-state index contributed by atoms with van der Waals surface area (Å²) in [5, 5.41) is 5.81. The van der Waals surface area contributed by atoms with Crippen LogP contribution in [0.4, 0.5) is 5.69 Å². The van der Waals surface area contributed by atoms with Crippen molar-refractivity contribution in [3.05, 3.63) is 82.0 Å². The van der Waals surface area contributed by atoms with Crippen LogP contribution in [0.15, 0.2) is 76.0 Å². The van der Waals surface area contributed by atoms with Gasteiger partial charge in [-0.15, -0.1) is 11.3 Å². The lowest BCUT2D eigenvalue weighted by molar-refractivity contribution is -0.119. The van der Waals surface area contributed by atoms with E-state index < -0.39 is 15.9 Å². The molecule has 0 fully saturated rings. The van der Waals surface area contributed by atoms with Gasteiger partial charge in [0.05, 0.1) is 16.8 Å². The smallest absolute Gasteiger partial charge is 0.264 e. The number of benzene rings is 2. The van der Waals surface area contributed by atoms with Gasteiger partial charge < -0.3 is 0 Å². The van der Waals surface area contributed by atoms with Crippen molar-refractivity contribution in [2.24, 2.45) is 5.10 Å². The number of rotatable bonds is 7. The molecule has 1 N–H and O–H groups in total. The quantitative estimate of drug-likeness (QED) is 0.461. The number of nitrogens with one attached hydrogen (secondary N) is 1. The molecule has 1 amide bonds. The summed E-state index contributed by atoms with van der Waals surface area (Å²) in [5.74, 6) is -0.532. The number of hydrazone groups is 1. The van der Waals surface area contributed by atoms with Crippen molar-refractivity contribution in [2.45, 2.75) is 18.7 Å². The number of thiophene rings is 1. The Hall–Kier alpha value is -2.97. The van der Waals surface area contributed by atoms with Crippen molar-refractivity contribution >= 4 is 39.2 Å². The van der Waals surface area contributed by atoms with Gasteiger partial charge in [0, 0.05) is 4.88 Å². The standard InChI is InChI=1S/C21H21N3O3S2/c1-16-8-10-20(11-9-16)29(26,27)24(18-6-3-5-17(2)13-18)15-21(25)23-22-14-19-7-4-12-28-19/h3-14H,15H2,1-2H3,(H,23,25). The third-order valence-electron chi connectivity index (χ3n) is 4.11. The van der Waals surface area contributed by atoms with Gasteiger partial charge in [0.15, 0.2) is 0 Å². The van der Waals surface area contributed by atoms with E-state index in [4.69, 9.17) is 0 Å². The average molecular weight is 428 g/mol. The van der Waals surface area contributed by atoms with Crippen LogP contribution in [-0.4, -0.2) is 27.1 Å². The Morgan fingerprint density at radius 2 is 1.83 bits per heavy atom. The highest BCUT2D eigenvalue weighted by atomic mass is 32.2. The molecule has 0 aliphatic carbocycles. The van der Waals surface area contributed by atoms with Gasteiger partial charge in [-0.25, -0.2) is 13.8 Å². The Kier molecular flexibility index (Phi) is 6.46. The second kappa shape index (κ2) is 9.02. The number of hydrogen-bond donors (Lipinski definition) is 1. The van der Waals surface area contributed by atoms with Crippen LogP contribution in [0.2, 0.25) is 0 Å². The maximum absolute atomic E-state index is 13.3. The molecule has 3 rings (SSSR count). The predicted molar refractivity (Wildman–Crippen MR) is 117 cm³/mol. The van der Waals surface area contributed by atoms with Gasteiger partial charge in [-0.2, -0.15) is 5.10 Å². The van der Waals surface area contributed by atoms with Gasteiger partial charge >= 0.3 is 0 Å². The van der Waals surface area contributed by atoms with E-state index in [1.165, 1.54) is 17.6 Å². The van der Waals surface area contributed by atoms with Gasteiger partial charge in [0.1, 0.15) is 6.54 Å². The van der Waals surface area contributed by atoms with Crippen molar-refractivity contribution in [3.8, 4) is 0 Å². The van der Waals surface area contributed by atoms with Gasteiger partial charge in [-0.05, 0) is 55.1 Å². The van der Waals surface area contributed by atoms with Crippen molar-refractivity contribution in [1.29, 1.82) is 0 Å². The minimum absolute atomic E-state index is 0.125. The molecule has 0 radical (unpaired) electrons. The van der Waals surface area contributed by atoms with Gasteiger partial charge in [-0.3, -0.25) is 9.10 Å². The zero-order valence-electron chi connectivity index (χ0n) is 16.1. The van der Waals surface area contributed by atoms with E-state index in [9.17, 15) is 13.2 Å². The third-order valence-corrected chi connectivity index (χ3v) is 6.71. The molecule has 150 valence electrons. The topological polar surface area (TPSA) is 78.8 Å². The molecular weight excluding hydrogens is 406 g/mol. The molecule has 0 saturated carbocycles. The number of sulfonamides is 1. The Labute approximate surface area is 174 Å². The van der Waals surface area contributed by atoms with E-state index in [1.807, 2.05) is 37.4 Å². The van der Waals surface area contributed by atoms with Crippen LogP contribution in [0.1, 0.15) is 16.0 Å². The fraction of sp³-hybridized carbons (Fsp3) is 0.143. The van der Waals surface area contributed by atoms with Crippen molar-refractivity contribution < 1.29 is 13.2 Å². The molecule has 3 aromatic rings. The van der Waals surface area contributed by atoms with Crippen molar-refractivity contribution in [2.75, 3.05) is 10.8 Å². The predicted octanol–water partition coefficient (Wildman–Crippen LogP) is 3.71. The van der Waals surface area contributed by atoms with E-state index in [1.54, 1.807) is 42.5 Å². The number of carbonyl (C=O) groups excluding carboxylic acids is 1. The number of carbonyl (C=O) groups is 1. The lowest BCUT2D eigenvalue weighted by Crippen LogP contribution is -2.39. The van der Waals surface area contributed by atoms with E-state index in [0.717, 1.165) is 20.3 Å². The molecule has 1 heterocycles. The summed E-state index contributed by atoms with van der Waals surface area (Å²) in [6.07, 6.45) is 1.52. The zero-order valence-corrected chi connectivity index (χ0v) is 17.7. The van der Waals surface area contributed by atoms with Crippen LogP contribution in [0, 0.1) is 13.8 Å². The van der Waals surface area contributed by atoms with Crippen LogP contribution >= 0.6 is 11.3 Å². The van der Waals surface area contributed by atoms with Gasteiger partial charge in [-0.1, -0.05) is 35.9 Å². The van der Waals surface area contributed by atoms with Gasteiger partial charge in [0.25, 0.3) is 15.9 Å². The van der Waals surface area contributed by atoms with E-state index in [2.05, 4.69) is 10.5 Å². The largest absolute Gasteiger partial charge is 0.271 e. The Morgan fingerprint density at radius 1 is 1.07 bits per heavy atom. The first-order valence-corrected chi connectivity index (χ1v) is 11.2. The molecular formula is C21H21N3O3S2. The molecule has 0 bridgehead atoms. The molecule has 1 aromatic heterocycles. The Balaban J connectivity index is 1.87. The fourth-order valence-electron chi connectivity index (χ4n) is 2.63.